The average Bonchev–Trinajstić information content (AvgIpc) is 1.94. The van der Waals surface area contributed by atoms with Crippen LogP contribution < -0.4 is 0 Å². The Kier molecular flexibility index (Phi) is 6.21. The van der Waals surface area contributed by atoms with Gasteiger partial charge in [-0.2, -0.15) is 0 Å². The first kappa shape index (κ1) is 9.05. The van der Waals surface area contributed by atoms with Crippen LogP contribution in [-0.2, 0) is 2.81 Å². The van der Waals surface area contributed by atoms with Crippen LogP contribution >= 0.6 is 12.2 Å². The van der Waals surface area contributed by atoms with Crippen LogP contribution in [0.4, 0.5) is 0 Å². The maximum atomic E-state index is 8.36. The fraction of sp³-hybridized carbons (Fsp3) is 0. The molecule has 0 aromatic carbocycles. The van der Waals surface area contributed by atoms with Gasteiger partial charge >= 0.3 is 27.5 Å². The van der Waals surface area contributed by atoms with Crippen molar-refractivity contribution >= 4 is 36.9 Å². The number of hydrogen-bond acceptors (Lipinski definition) is 2. The Morgan fingerprint density at radius 2 is 2.11 bits per heavy atom. The average molecular weight is 336 g/mol. The third-order valence-electron chi connectivity index (χ3n) is 0.681. The molecular weight excluding hydrogens is 331 g/mol. The van der Waals surface area contributed by atoms with E-state index < -0.39 is 0 Å². The quantitative estimate of drug-likeness (QED) is 0.571. The van der Waals surface area contributed by atoms with Crippen molar-refractivity contribution in [2.24, 2.45) is 0 Å². The van der Waals surface area contributed by atoms with E-state index in [0.29, 0.717) is 0 Å². The molecular formula is C5H5BiNOS. The molecule has 1 radical (unpaired) electrons. The number of rotatable bonds is 0. The minimum atomic E-state index is 0.194. The van der Waals surface area contributed by atoms with Crippen molar-refractivity contribution in [3.05, 3.63) is 29.0 Å². The number of H-pyrrole nitrogens is 1. The predicted molar refractivity (Wildman–Crippen MR) is 38.1 cm³/mol. The number of aromatic amines is 1. The van der Waals surface area contributed by atoms with E-state index in [0.717, 1.165) is 4.64 Å². The van der Waals surface area contributed by atoms with Crippen molar-refractivity contribution in [1.82, 2.24) is 4.98 Å². The molecule has 0 atom stereocenters. The number of pyridine rings is 1. The van der Waals surface area contributed by atoms with E-state index in [4.69, 9.17) is 15.0 Å². The molecule has 0 aliphatic rings. The molecule has 0 unspecified atom stereocenters. The Labute approximate surface area is 73.6 Å². The van der Waals surface area contributed by atoms with Crippen molar-refractivity contribution in [3.8, 4) is 0 Å². The Bertz CT molecular complexity index is 195. The third-order valence-corrected chi connectivity index (χ3v) is 0.934. The van der Waals surface area contributed by atoms with Crippen LogP contribution in [0.2, 0.25) is 0 Å². The Morgan fingerprint density at radius 1 is 1.44 bits per heavy atom. The van der Waals surface area contributed by atoms with Gasteiger partial charge in [0.1, 0.15) is 4.64 Å². The Balaban J connectivity index is 0.000000291. The predicted octanol–water partition coefficient (Wildman–Crippen LogP) is 1.24. The summed E-state index contributed by atoms with van der Waals surface area (Å²) in [7, 11) is 0. The molecule has 1 aromatic heterocycles. The summed E-state index contributed by atoms with van der Waals surface area (Å²) in [4.78, 5) is 2.85. The van der Waals surface area contributed by atoms with Gasteiger partial charge < -0.3 is 4.98 Å². The second-order valence-corrected chi connectivity index (χ2v) is 1.67. The van der Waals surface area contributed by atoms with Crippen molar-refractivity contribution in [2.75, 3.05) is 0 Å². The fourth-order valence-electron chi connectivity index (χ4n) is 0.377. The first-order valence-electron chi connectivity index (χ1n) is 2.21. The molecule has 0 amide bonds. The van der Waals surface area contributed by atoms with E-state index >= 15 is 0 Å². The summed E-state index contributed by atoms with van der Waals surface area (Å²) in [6.07, 6.45) is 1.81. The van der Waals surface area contributed by atoms with Gasteiger partial charge in [-0.1, -0.05) is 18.3 Å². The molecule has 1 N–H and O–H groups in total. The molecule has 2 nitrogen and oxygen atoms in total. The topological polar surface area (TPSA) is 32.9 Å². The number of nitrogens with one attached hydrogen (secondary N) is 1. The molecule has 1 aromatic rings. The van der Waals surface area contributed by atoms with Crippen molar-refractivity contribution in [2.45, 2.75) is 0 Å². The van der Waals surface area contributed by atoms with Crippen molar-refractivity contribution < 1.29 is 2.81 Å². The summed E-state index contributed by atoms with van der Waals surface area (Å²) < 4.78 is 9.14. The van der Waals surface area contributed by atoms with Gasteiger partial charge in [-0.05, 0) is 12.1 Å². The molecule has 0 fully saturated rings. The van der Waals surface area contributed by atoms with Crippen LogP contribution in [0.15, 0.2) is 24.4 Å². The van der Waals surface area contributed by atoms with Crippen LogP contribution in [0.5, 0.6) is 0 Å². The van der Waals surface area contributed by atoms with Crippen LogP contribution in [-0.4, -0.2) is 29.7 Å². The summed E-state index contributed by atoms with van der Waals surface area (Å²) in [6, 6.07) is 5.64. The maximum absolute atomic E-state index is 8.36. The van der Waals surface area contributed by atoms with E-state index in [2.05, 4.69) is 4.98 Å². The van der Waals surface area contributed by atoms with Crippen LogP contribution in [0.3, 0.4) is 0 Å². The van der Waals surface area contributed by atoms with Crippen LogP contribution in [0, 0.1) is 4.64 Å². The zero-order chi connectivity index (χ0) is 7.11. The van der Waals surface area contributed by atoms with Gasteiger partial charge in [0.15, 0.2) is 0 Å². The standard InChI is InChI=1S/C5H5NS.Bi.O/c7-5-3-1-2-4-6-5;;/h1-4H,(H,6,7);;. The van der Waals surface area contributed by atoms with Crippen molar-refractivity contribution in [3.63, 3.8) is 0 Å². The fourth-order valence-corrected chi connectivity index (χ4v) is 0.523. The summed E-state index contributed by atoms with van der Waals surface area (Å²) in [5, 5.41) is 0. The Hall–Kier alpha value is 0.0531. The first-order chi connectivity index (χ1) is 4.39. The van der Waals surface area contributed by atoms with E-state index in [1.165, 1.54) is 0 Å². The molecule has 0 saturated carbocycles. The third kappa shape index (κ3) is 4.55. The monoisotopic (exact) mass is 336 g/mol. The van der Waals surface area contributed by atoms with Crippen LogP contribution in [0.25, 0.3) is 0 Å². The van der Waals surface area contributed by atoms with E-state index in [1.54, 1.807) is 0 Å². The molecule has 9 heavy (non-hydrogen) atoms. The molecule has 0 saturated heterocycles. The molecule has 0 spiro atoms. The van der Waals surface area contributed by atoms with E-state index in [-0.39, 0.29) is 24.7 Å². The summed E-state index contributed by atoms with van der Waals surface area (Å²) >= 11 is 4.95. The SMILES string of the molecule is S=c1cccc[nH]1.[O]=[Bi]. The molecule has 47 valence electrons. The normalized spacial score (nSPS) is 7.11. The molecule has 4 heteroatoms. The van der Waals surface area contributed by atoms with Crippen molar-refractivity contribution in [1.29, 1.82) is 0 Å². The van der Waals surface area contributed by atoms with Gasteiger partial charge in [0, 0.05) is 6.20 Å². The first-order valence-corrected chi connectivity index (χ1v) is 4.04. The van der Waals surface area contributed by atoms with Gasteiger partial charge in [0.25, 0.3) is 0 Å². The molecule has 0 bridgehead atoms. The summed E-state index contributed by atoms with van der Waals surface area (Å²) in [5.41, 5.74) is 0. The van der Waals surface area contributed by atoms with Gasteiger partial charge in [-0.15, -0.1) is 0 Å². The molecule has 0 aliphatic carbocycles. The van der Waals surface area contributed by atoms with Crippen LogP contribution in [0.1, 0.15) is 0 Å². The van der Waals surface area contributed by atoms with Gasteiger partial charge in [0.05, 0.1) is 0 Å². The second kappa shape index (κ2) is 6.18. The second-order valence-electron chi connectivity index (χ2n) is 1.23. The number of aromatic nitrogens is 1. The summed E-state index contributed by atoms with van der Waals surface area (Å²) in [6.45, 7) is 0. The van der Waals surface area contributed by atoms with Gasteiger partial charge in [-0.3, -0.25) is 0 Å². The van der Waals surface area contributed by atoms with E-state index in [1.807, 2.05) is 24.4 Å². The zero-order valence-electron chi connectivity index (χ0n) is 4.57. The van der Waals surface area contributed by atoms with E-state index in [9.17, 15) is 0 Å². The molecule has 1 rings (SSSR count). The number of hydrogen-bond donors (Lipinski definition) is 1. The molecule has 1 heterocycles. The van der Waals surface area contributed by atoms with Gasteiger partial charge in [0.2, 0.25) is 0 Å². The minimum absolute atomic E-state index is 0.194. The summed E-state index contributed by atoms with van der Waals surface area (Å²) in [5.74, 6) is 0. The van der Waals surface area contributed by atoms with Gasteiger partial charge in [-0.25, -0.2) is 0 Å². The Morgan fingerprint density at radius 3 is 2.33 bits per heavy atom. The molecule has 0 aliphatic heterocycles. The zero-order valence-corrected chi connectivity index (χ0v) is 8.87.